The van der Waals surface area contributed by atoms with E-state index in [-0.39, 0.29) is 18.4 Å². The largest absolute Gasteiger partial charge is 0.343 e. The summed E-state index contributed by atoms with van der Waals surface area (Å²) in [6.07, 6.45) is 3.82. The molecule has 1 aromatic heterocycles. The van der Waals surface area contributed by atoms with Crippen LogP contribution in [-0.4, -0.2) is 46.1 Å². The van der Waals surface area contributed by atoms with E-state index in [1.165, 1.54) is 0 Å². The van der Waals surface area contributed by atoms with Crippen LogP contribution in [0.3, 0.4) is 0 Å². The van der Waals surface area contributed by atoms with E-state index in [2.05, 4.69) is 10.4 Å². The molecule has 29 heavy (non-hydrogen) atoms. The monoisotopic (exact) mass is 388 g/mol. The maximum atomic E-state index is 12.9. The maximum absolute atomic E-state index is 12.9. The maximum Gasteiger partial charge on any atom is 0.255 e. The smallest absolute Gasteiger partial charge is 0.255 e. The summed E-state index contributed by atoms with van der Waals surface area (Å²) in [5.74, 6) is -0.315. The average Bonchev–Trinajstić information content (AvgIpc) is 3.44. The number of nitrogens with one attached hydrogen (secondary N) is 1. The van der Waals surface area contributed by atoms with Gasteiger partial charge in [-0.25, -0.2) is 0 Å². The van der Waals surface area contributed by atoms with Gasteiger partial charge in [0.25, 0.3) is 5.91 Å². The molecule has 2 aromatic carbocycles. The van der Waals surface area contributed by atoms with Gasteiger partial charge in [0, 0.05) is 24.8 Å². The molecule has 0 aliphatic carbocycles. The van der Waals surface area contributed by atoms with E-state index < -0.39 is 0 Å². The van der Waals surface area contributed by atoms with Gasteiger partial charge in [-0.05, 0) is 18.4 Å². The van der Waals surface area contributed by atoms with E-state index in [0.717, 1.165) is 37.1 Å². The Morgan fingerprint density at radius 3 is 2.28 bits per heavy atom. The molecular formula is C23H24N4O2. The lowest BCUT2D eigenvalue weighted by Gasteiger charge is -2.15. The molecule has 1 fully saturated rings. The quantitative estimate of drug-likeness (QED) is 0.706. The van der Waals surface area contributed by atoms with Crippen LogP contribution in [0.4, 0.5) is 0 Å². The number of hydrogen-bond acceptors (Lipinski definition) is 3. The molecule has 1 aliphatic heterocycles. The molecule has 0 saturated carbocycles. The van der Waals surface area contributed by atoms with Crippen molar-refractivity contribution in [1.29, 1.82) is 0 Å². The van der Waals surface area contributed by atoms with Crippen molar-refractivity contribution in [3.8, 4) is 11.3 Å². The van der Waals surface area contributed by atoms with Crippen molar-refractivity contribution in [2.75, 3.05) is 19.6 Å². The Bertz CT molecular complexity index is 977. The predicted octanol–water partition coefficient (Wildman–Crippen LogP) is 2.95. The molecule has 6 nitrogen and oxygen atoms in total. The highest BCUT2D eigenvalue weighted by molar-refractivity contribution is 6.01. The molecule has 148 valence electrons. The van der Waals surface area contributed by atoms with Gasteiger partial charge >= 0.3 is 0 Å². The summed E-state index contributed by atoms with van der Waals surface area (Å²) in [4.78, 5) is 27.0. The van der Waals surface area contributed by atoms with Crippen LogP contribution in [0, 0.1) is 0 Å². The van der Waals surface area contributed by atoms with Crippen molar-refractivity contribution in [2.45, 2.75) is 19.4 Å². The van der Waals surface area contributed by atoms with Gasteiger partial charge in [-0.2, -0.15) is 5.10 Å². The average molecular weight is 388 g/mol. The van der Waals surface area contributed by atoms with E-state index in [1.54, 1.807) is 15.8 Å². The molecule has 0 radical (unpaired) electrons. The van der Waals surface area contributed by atoms with Crippen molar-refractivity contribution in [3.05, 3.63) is 78.0 Å². The lowest BCUT2D eigenvalue weighted by atomic mass is 10.1. The molecule has 0 atom stereocenters. The molecule has 0 unspecified atom stereocenters. The summed E-state index contributed by atoms with van der Waals surface area (Å²) in [7, 11) is 0. The van der Waals surface area contributed by atoms with Crippen LogP contribution < -0.4 is 5.32 Å². The number of aromatic nitrogens is 2. The number of benzene rings is 2. The first-order valence-corrected chi connectivity index (χ1v) is 9.93. The van der Waals surface area contributed by atoms with Gasteiger partial charge in [-0.3, -0.25) is 14.3 Å². The second-order valence-electron chi connectivity index (χ2n) is 7.21. The molecule has 0 bridgehead atoms. The van der Waals surface area contributed by atoms with Crippen LogP contribution in [0.2, 0.25) is 0 Å². The van der Waals surface area contributed by atoms with E-state index in [9.17, 15) is 9.59 Å². The van der Waals surface area contributed by atoms with Crippen LogP contribution in [-0.2, 0) is 11.3 Å². The minimum Gasteiger partial charge on any atom is -0.343 e. The summed E-state index contributed by atoms with van der Waals surface area (Å²) in [6.45, 7) is 2.13. The zero-order chi connectivity index (χ0) is 20.1. The van der Waals surface area contributed by atoms with Crippen molar-refractivity contribution < 1.29 is 9.59 Å². The highest BCUT2D eigenvalue weighted by atomic mass is 16.2. The van der Waals surface area contributed by atoms with Crippen LogP contribution in [0.1, 0.15) is 28.8 Å². The molecule has 3 aromatic rings. The Balaban J connectivity index is 1.55. The fraction of sp³-hybridized carbons (Fsp3) is 0.261. The fourth-order valence-electron chi connectivity index (χ4n) is 3.58. The fourth-order valence-corrected chi connectivity index (χ4v) is 3.58. The molecular weight excluding hydrogens is 364 g/mol. The lowest BCUT2D eigenvalue weighted by Crippen LogP contribution is -2.38. The number of carbonyl (C=O) groups is 2. The summed E-state index contributed by atoms with van der Waals surface area (Å²) >= 11 is 0. The Morgan fingerprint density at radius 2 is 1.59 bits per heavy atom. The number of likely N-dealkylation sites (tertiary alicyclic amines) is 1. The zero-order valence-electron chi connectivity index (χ0n) is 16.3. The molecule has 2 heterocycles. The number of carbonyl (C=O) groups excluding carboxylic acids is 2. The van der Waals surface area contributed by atoms with Gasteiger partial charge in [0.15, 0.2) is 0 Å². The number of nitrogens with zero attached hydrogens (tertiary/aromatic N) is 3. The van der Waals surface area contributed by atoms with Gasteiger partial charge < -0.3 is 10.2 Å². The number of rotatable bonds is 6. The van der Waals surface area contributed by atoms with Gasteiger partial charge in [-0.15, -0.1) is 0 Å². The van der Waals surface area contributed by atoms with Crippen molar-refractivity contribution >= 4 is 11.8 Å². The lowest BCUT2D eigenvalue weighted by molar-refractivity contribution is -0.129. The minimum absolute atomic E-state index is 0.0108. The highest BCUT2D eigenvalue weighted by Gasteiger charge is 2.21. The molecule has 1 aliphatic rings. The first-order chi connectivity index (χ1) is 14.2. The molecule has 1 saturated heterocycles. The van der Waals surface area contributed by atoms with Gasteiger partial charge in [0.2, 0.25) is 5.91 Å². The Hall–Kier alpha value is -3.41. The first kappa shape index (κ1) is 18.9. The summed E-state index contributed by atoms with van der Waals surface area (Å²) in [5, 5.41) is 7.44. The van der Waals surface area contributed by atoms with Gasteiger partial charge in [-0.1, -0.05) is 60.7 Å². The van der Waals surface area contributed by atoms with Crippen LogP contribution in [0.5, 0.6) is 0 Å². The molecule has 6 heteroatoms. The molecule has 1 N–H and O–H groups in total. The van der Waals surface area contributed by atoms with E-state index in [0.29, 0.717) is 17.8 Å². The normalized spacial score (nSPS) is 13.4. The van der Waals surface area contributed by atoms with Crippen LogP contribution in [0.15, 0.2) is 66.9 Å². The highest BCUT2D eigenvalue weighted by Crippen LogP contribution is 2.22. The molecule has 4 rings (SSSR count). The summed E-state index contributed by atoms with van der Waals surface area (Å²) in [5.41, 5.74) is 3.06. The van der Waals surface area contributed by atoms with Crippen molar-refractivity contribution in [2.24, 2.45) is 0 Å². The Morgan fingerprint density at radius 1 is 0.931 bits per heavy atom. The van der Waals surface area contributed by atoms with Crippen LogP contribution in [0.25, 0.3) is 11.3 Å². The van der Waals surface area contributed by atoms with Crippen molar-refractivity contribution in [3.63, 3.8) is 0 Å². The van der Waals surface area contributed by atoms with E-state index in [1.807, 2.05) is 60.7 Å². The summed E-state index contributed by atoms with van der Waals surface area (Å²) in [6, 6.07) is 19.6. The van der Waals surface area contributed by atoms with Crippen molar-refractivity contribution in [1.82, 2.24) is 20.0 Å². The second-order valence-corrected chi connectivity index (χ2v) is 7.21. The molecule has 2 amide bonds. The third kappa shape index (κ3) is 4.54. The Kier molecular flexibility index (Phi) is 5.70. The molecule has 0 spiro atoms. The standard InChI is InChI=1S/C23H24N4O2/c28-21(26-13-7-8-14-26)15-24-23(29)20-17-27(16-18-9-3-1-4-10-18)25-22(20)19-11-5-2-6-12-19/h1-6,9-12,17H,7-8,13-16H2,(H,24,29). The summed E-state index contributed by atoms with van der Waals surface area (Å²) < 4.78 is 1.77. The third-order valence-electron chi connectivity index (χ3n) is 5.10. The number of hydrogen-bond donors (Lipinski definition) is 1. The topological polar surface area (TPSA) is 67.2 Å². The van der Waals surface area contributed by atoms with Gasteiger partial charge in [0.05, 0.1) is 18.7 Å². The Labute approximate surface area is 170 Å². The zero-order valence-corrected chi connectivity index (χ0v) is 16.3. The SMILES string of the molecule is O=C(NCC(=O)N1CCCC1)c1cn(Cc2ccccc2)nc1-c1ccccc1. The minimum atomic E-state index is -0.282. The van der Waals surface area contributed by atoms with E-state index >= 15 is 0 Å². The first-order valence-electron chi connectivity index (χ1n) is 9.93. The third-order valence-corrected chi connectivity index (χ3v) is 5.10. The van der Waals surface area contributed by atoms with Crippen LogP contribution >= 0.6 is 0 Å². The number of amides is 2. The predicted molar refractivity (Wildman–Crippen MR) is 111 cm³/mol. The second kappa shape index (κ2) is 8.73. The van der Waals surface area contributed by atoms with Gasteiger partial charge in [0.1, 0.15) is 5.69 Å². The van der Waals surface area contributed by atoms with E-state index in [4.69, 9.17) is 0 Å².